The van der Waals surface area contributed by atoms with Crippen molar-refractivity contribution >= 4 is 21.8 Å². The molecule has 2 unspecified atom stereocenters. The number of ether oxygens (including phenoxy) is 1. The van der Waals surface area contributed by atoms with Gasteiger partial charge in [-0.3, -0.25) is 4.79 Å². The molecule has 0 aliphatic heterocycles. The van der Waals surface area contributed by atoms with E-state index in [1.807, 2.05) is 25.1 Å². The molecule has 1 aromatic rings. The molecule has 1 aromatic carbocycles. The summed E-state index contributed by atoms with van der Waals surface area (Å²) >= 11 is 3.60. The lowest BCUT2D eigenvalue weighted by molar-refractivity contribution is 0.0934. The van der Waals surface area contributed by atoms with E-state index in [9.17, 15) is 4.79 Å². The smallest absolute Gasteiger partial charge is 0.255 e. The van der Waals surface area contributed by atoms with Crippen LogP contribution >= 0.6 is 15.9 Å². The van der Waals surface area contributed by atoms with Crippen molar-refractivity contribution in [3.8, 4) is 5.75 Å². The lowest BCUT2D eigenvalue weighted by Crippen LogP contribution is -2.35. The molecule has 0 bridgehead atoms. The number of hydrogen-bond acceptors (Lipinski definition) is 2. The minimum absolute atomic E-state index is 0.0329. The van der Waals surface area contributed by atoms with E-state index in [0.29, 0.717) is 23.1 Å². The number of amides is 1. The van der Waals surface area contributed by atoms with Crippen LogP contribution in [0.4, 0.5) is 0 Å². The highest BCUT2D eigenvalue weighted by molar-refractivity contribution is 9.09. The number of carbonyl (C=O) groups is 1. The zero-order valence-corrected chi connectivity index (χ0v) is 14.4. The number of nitrogens with one attached hydrogen (secondary N) is 1. The Balaban J connectivity index is 1.99. The Bertz CT molecular complexity index is 490. The number of hydrogen-bond donors (Lipinski definition) is 1. The van der Waals surface area contributed by atoms with E-state index in [0.717, 1.165) is 17.4 Å². The summed E-state index contributed by atoms with van der Waals surface area (Å²) < 4.78 is 5.29. The zero-order chi connectivity index (χ0) is 15.2. The molecular formula is C17H24BrNO2. The molecule has 2 atom stereocenters. The predicted octanol–water partition coefficient (Wildman–Crippen LogP) is 3.93. The van der Waals surface area contributed by atoms with E-state index in [2.05, 4.69) is 21.2 Å². The first-order valence-electron chi connectivity index (χ1n) is 7.64. The van der Waals surface area contributed by atoms with Crippen molar-refractivity contribution in [1.29, 1.82) is 0 Å². The standard InChI is InChI=1S/C17H24BrNO2/c1-12-7-8-16(21-2)15(9-12)17(20)19-11-14-6-4-3-5-13(14)10-18/h7-9,13-14H,3-6,10-11H2,1-2H3,(H,19,20). The maximum absolute atomic E-state index is 12.4. The molecule has 1 amide bonds. The number of alkyl halides is 1. The Hall–Kier alpha value is -1.03. The molecule has 1 fully saturated rings. The SMILES string of the molecule is COc1ccc(C)cc1C(=O)NCC1CCCCC1CBr. The molecule has 21 heavy (non-hydrogen) atoms. The van der Waals surface area contributed by atoms with Gasteiger partial charge in [-0.2, -0.15) is 0 Å². The van der Waals surface area contributed by atoms with Gasteiger partial charge in [-0.05, 0) is 43.7 Å². The summed E-state index contributed by atoms with van der Waals surface area (Å²) in [6.07, 6.45) is 5.06. The summed E-state index contributed by atoms with van der Waals surface area (Å²) in [6.45, 7) is 2.74. The van der Waals surface area contributed by atoms with E-state index in [-0.39, 0.29) is 5.91 Å². The van der Waals surface area contributed by atoms with Crippen LogP contribution in [-0.4, -0.2) is 24.9 Å². The van der Waals surface area contributed by atoms with Crippen LogP contribution < -0.4 is 10.1 Å². The maximum atomic E-state index is 12.4. The van der Waals surface area contributed by atoms with Crippen molar-refractivity contribution < 1.29 is 9.53 Å². The molecule has 0 radical (unpaired) electrons. The van der Waals surface area contributed by atoms with E-state index >= 15 is 0 Å². The quantitative estimate of drug-likeness (QED) is 0.814. The second-order valence-corrected chi connectivity index (χ2v) is 6.52. The fourth-order valence-corrected chi connectivity index (χ4v) is 3.93. The topological polar surface area (TPSA) is 38.3 Å². The third kappa shape index (κ3) is 4.22. The first-order valence-corrected chi connectivity index (χ1v) is 8.76. The number of methoxy groups -OCH3 is 1. The molecule has 1 N–H and O–H groups in total. The first-order chi connectivity index (χ1) is 10.2. The highest BCUT2D eigenvalue weighted by Gasteiger charge is 2.25. The van der Waals surface area contributed by atoms with Crippen LogP contribution in [0.3, 0.4) is 0 Å². The molecule has 116 valence electrons. The second-order valence-electron chi connectivity index (χ2n) is 5.87. The van der Waals surface area contributed by atoms with Gasteiger partial charge >= 0.3 is 0 Å². The van der Waals surface area contributed by atoms with Crippen LogP contribution in [-0.2, 0) is 0 Å². The third-order valence-electron chi connectivity index (χ3n) is 4.39. The summed E-state index contributed by atoms with van der Waals surface area (Å²) in [5.41, 5.74) is 1.70. The number of rotatable bonds is 5. The normalized spacial score (nSPS) is 21.9. The highest BCUT2D eigenvalue weighted by Crippen LogP contribution is 2.31. The largest absolute Gasteiger partial charge is 0.496 e. The molecule has 1 aliphatic rings. The van der Waals surface area contributed by atoms with E-state index in [4.69, 9.17) is 4.74 Å². The average Bonchev–Trinajstić information content (AvgIpc) is 2.52. The molecule has 0 heterocycles. The van der Waals surface area contributed by atoms with Gasteiger partial charge in [0.2, 0.25) is 0 Å². The summed E-state index contributed by atoms with van der Waals surface area (Å²) in [7, 11) is 1.60. The van der Waals surface area contributed by atoms with E-state index < -0.39 is 0 Å². The Morgan fingerprint density at radius 1 is 1.33 bits per heavy atom. The van der Waals surface area contributed by atoms with Gasteiger partial charge in [0, 0.05) is 11.9 Å². The van der Waals surface area contributed by atoms with Gasteiger partial charge in [-0.1, -0.05) is 40.4 Å². The van der Waals surface area contributed by atoms with Gasteiger partial charge in [0.1, 0.15) is 5.75 Å². The van der Waals surface area contributed by atoms with Crippen molar-refractivity contribution in [2.24, 2.45) is 11.8 Å². The minimum Gasteiger partial charge on any atom is -0.496 e. The molecule has 0 aromatic heterocycles. The van der Waals surface area contributed by atoms with Crippen molar-refractivity contribution in [2.45, 2.75) is 32.6 Å². The van der Waals surface area contributed by atoms with Crippen molar-refractivity contribution in [1.82, 2.24) is 5.32 Å². The molecule has 2 rings (SSSR count). The van der Waals surface area contributed by atoms with Crippen LogP contribution in [0.25, 0.3) is 0 Å². The number of aryl methyl sites for hydroxylation is 1. The molecule has 1 aliphatic carbocycles. The van der Waals surface area contributed by atoms with Crippen molar-refractivity contribution in [2.75, 3.05) is 19.0 Å². The average molecular weight is 354 g/mol. The predicted molar refractivity (Wildman–Crippen MR) is 89.3 cm³/mol. The fourth-order valence-electron chi connectivity index (χ4n) is 3.07. The minimum atomic E-state index is -0.0329. The lowest BCUT2D eigenvalue weighted by atomic mass is 9.80. The van der Waals surface area contributed by atoms with Gasteiger partial charge < -0.3 is 10.1 Å². The monoisotopic (exact) mass is 353 g/mol. The zero-order valence-electron chi connectivity index (χ0n) is 12.8. The van der Waals surface area contributed by atoms with Crippen LogP contribution in [0.15, 0.2) is 18.2 Å². The van der Waals surface area contributed by atoms with Gasteiger partial charge in [0.25, 0.3) is 5.91 Å². The van der Waals surface area contributed by atoms with Crippen molar-refractivity contribution in [3.05, 3.63) is 29.3 Å². The molecule has 0 saturated heterocycles. The second kappa shape index (κ2) is 7.83. The van der Waals surface area contributed by atoms with E-state index in [1.54, 1.807) is 7.11 Å². The molecular weight excluding hydrogens is 330 g/mol. The summed E-state index contributed by atoms with van der Waals surface area (Å²) in [5, 5.41) is 4.12. The fraction of sp³-hybridized carbons (Fsp3) is 0.588. The first kappa shape index (κ1) is 16.3. The Kier molecular flexibility index (Phi) is 6.09. The van der Waals surface area contributed by atoms with E-state index in [1.165, 1.54) is 25.7 Å². The molecule has 1 saturated carbocycles. The highest BCUT2D eigenvalue weighted by atomic mass is 79.9. The van der Waals surface area contributed by atoms with Crippen LogP contribution in [0.5, 0.6) is 5.75 Å². The summed E-state index contributed by atoms with van der Waals surface area (Å²) in [6, 6.07) is 5.70. The molecule has 0 spiro atoms. The Morgan fingerprint density at radius 2 is 2.05 bits per heavy atom. The number of carbonyl (C=O) groups excluding carboxylic acids is 1. The lowest BCUT2D eigenvalue weighted by Gasteiger charge is -2.30. The van der Waals surface area contributed by atoms with Crippen LogP contribution in [0.1, 0.15) is 41.6 Å². The number of halogens is 1. The molecule has 3 nitrogen and oxygen atoms in total. The van der Waals surface area contributed by atoms with Gasteiger partial charge in [0.15, 0.2) is 0 Å². The van der Waals surface area contributed by atoms with Crippen molar-refractivity contribution in [3.63, 3.8) is 0 Å². The molecule has 4 heteroatoms. The van der Waals surface area contributed by atoms with Crippen LogP contribution in [0.2, 0.25) is 0 Å². The number of benzene rings is 1. The Labute approximate surface area is 135 Å². The maximum Gasteiger partial charge on any atom is 0.255 e. The third-order valence-corrected chi connectivity index (χ3v) is 5.22. The summed E-state index contributed by atoms with van der Waals surface area (Å²) in [5.74, 6) is 1.87. The summed E-state index contributed by atoms with van der Waals surface area (Å²) in [4.78, 5) is 12.4. The van der Waals surface area contributed by atoms with Gasteiger partial charge in [-0.25, -0.2) is 0 Å². The van der Waals surface area contributed by atoms with Crippen LogP contribution in [0, 0.1) is 18.8 Å². The van der Waals surface area contributed by atoms with Gasteiger partial charge in [0.05, 0.1) is 12.7 Å². The van der Waals surface area contributed by atoms with Gasteiger partial charge in [-0.15, -0.1) is 0 Å². The Morgan fingerprint density at radius 3 is 2.71 bits per heavy atom.